The number of rotatable bonds is 2. The molecule has 4 nitrogen and oxygen atoms in total. The van der Waals surface area contributed by atoms with Gasteiger partial charge in [-0.25, -0.2) is 9.97 Å². The fourth-order valence-electron chi connectivity index (χ4n) is 1.49. The van der Waals surface area contributed by atoms with Crippen molar-refractivity contribution in [2.45, 2.75) is 6.54 Å². The van der Waals surface area contributed by atoms with Crippen LogP contribution in [0.5, 0.6) is 0 Å². The van der Waals surface area contributed by atoms with Crippen molar-refractivity contribution in [2.75, 3.05) is 12.8 Å². The summed E-state index contributed by atoms with van der Waals surface area (Å²) in [4.78, 5) is 8.39. The molecule has 0 aliphatic rings. The second kappa shape index (κ2) is 4.12. The second-order valence-corrected chi connectivity index (χ2v) is 4.14. The Morgan fingerprint density at radius 2 is 2.20 bits per heavy atom. The van der Waals surface area contributed by atoms with Gasteiger partial charge in [-0.1, -0.05) is 15.9 Å². The van der Waals surface area contributed by atoms with Crippen LogP contribution >= 0.6 is 15.9 Å². The summed E-state index contributed by atoms with van der Waals surface area (Å²) in [6.45, 7) is 0.680. The highest BCUT2D eigenvalue weighted by molar-refractivity contribution is 9.10. The lowest BCUT2D eigenvalue weighted by atomic mass is 10.2. The predicted molar refractivity (Wildman–Crippen MR) is 64.4 cm³/mol. The Morgan fingerprint density at radius 1 is 1.40 bits per heavy atom. The van der Waals surface area contributed by atoms with E-state index >= 15 is 0 Å². The number of nitrogen functional groups attached to an aromatic ring is 1. The molecule has 0 fully saturated rings. The molecule has 0 saturated carbocycles. The van der Waals surface area contributed by atoms with Crippen LogP contribution < -0.4 is 11.1 Å². The highest BCUT2D eigenvalue weighted by Crippen LogP contribution is 2.21. The number of nitrogens with zero attached hydrogens (tertiary/aromatic N) is 2. The maximum Gasteiger partial charge on any atom is 0.220 e. The molecule has 2 aromatic rings. The third-order valence-corrected chi connectivity index (χ3v) is 2.59. The lowest BCUT2D eigenvalue weighted by Crippen LogP contribution is -2.09. The fraction of sp³-hybridized carbons (Fsp3) is 0.200. The van der Waals surface area contributed by atoms with Crippen molar-refractivity contribution in [2.24, 2.45) is 0 Å². The maximum atomic E-state index is 5.63. The zero-order valence-corrected chi connectivity index (χ0v) is 9.87. The molecule has 5 heteroatoms. The summed E-state index contributed by atoms with van der Waals surface area (Å²) in [7, 11) is 1.88. The fourth-order valence-corrected chi connectivity index (χ4v) is 1.85. The lowest BCUT2D eigenvalue weighted by molar-refractivity contribution is 0.797. The lowest BCUT2D eigenvalue weighted by Gasteiger charge is -2.06. The van der Waals surface area contributed by atoms with Gasteiger partial charge < -0.3 is 11.1 Å². The number of anilines is 1. The maximum absolute atomic E-state index is 5.63. The van der Waals surface area contributed by atoms with E-state index in [1.165, 1.54) is 0 Å². The minimum atomic E-state index is 0.315. The molecule has 78 valence electrons. The zero-order valence-electron chi connectivity index (χ0n) is 8.29. The number of halogens is 1. The smallest absolute Gasteiger partial charge is 0.220 e. The molecule has 0 aliphatic carbocycles. The molecular formula is C10H11BrN4. The zero-order chi connectivity index (χ0) is 10.8. The summed E-state index contributed by atoms with van der Waals surface area (Å²) in [6.07, 6.45) is 0. The van der Waals surface area contributed by atoms with Gasteiger partial charge in [0, 0.05) is 16.4 Å². The van der Waals surface area contributed by atoms with Gasteiger partial charge in [-0.3, -0.25) is 0 Å². The van der Waals surface area contributed by atoms with Gasteiger partial charge >= 0.3 is 0 Å². The van der Waals surface area contributed by atoms with Crippen LogP contribution in [0.2, 0.25) is 0 Å². The third-order valence-electron chi connectivity index (χ3n) is 2.10. The summed E-state index contributed by atoms with van der Waals surface area (Å²) in [5.74, 6) is 0.315. The molecule has 0 radical (unpaired) electrons. The van der Waals surface area contributed by atoms with E-state index in [1.54, 1.807) is 0 Å². The SMILES string of the molecule is CNCc1nc(N)nc2ccc(Br)cc12. The van der Waals surface area contributed by atoms with Crippen molar-refractivity contribution in [3.8, 4) is 0 Å². The molecule has 0 aliphatic heterocycles. The van der Waals surface area contributed by atoms with Gasteiger partial charge in [-0.05, 0) is 25.2 Å². The number of hydrogen-bond acceptors (Lipinski definition) is 4. The first kappa shape index (κ1) is 10.3. The Bertz CT molecular complexity index is 498. The van der Waals surface area contributed by atoms with Gasteiger partial charge in [0.25, 0.3) is 0 Å². The number of nitrogens with two attached hydrogens (primary N) is 1. The van der Waals surface area contributed by atoms with E-state index in [-0.39, 0.29) is 0 Å². The summed E-state index contributed by atoms with van der Waals surface area (Å²) < 4.78 is 1.01. The average molecular weight is 267 g/mol. The third kappa shape index (κ3) is 2.08. The highest BCUT2D eigenvalue weighted by Gasteiger charge is 2.05. The molecule has 1 aromatic heterocycles. The first-order chi connectivity index (χ1) is 7.20. The summed E-state index contributed by atoms with van der Waals surface area (Å²) in [5.41, 5.74) is 7.42. The Hall–Kier alpha value is -1.20. The van der Waals surface area contributed by atoms with E-state index in [9.17, 15) is 0 Å². The molecule has 0 spiro atoms. The van der Waals surface area contributed by atoms with Crippen molar-refractivity contribution in [1.29, 1.82) is 0 Å². The average Bonchev–Trinajstić information content (AvgIpc) is 2.19. The van der Waals surface area contributed by atoms with Crippen LogP contribution in [-0.2, 0) is 6.54 Å². The molecule has 0 atom stereocenters. The van der Waals surface area contributed by atoms with Crippen LogP contribution in [0.1, 0.15) is 5.69 Å². The molecule has 2 rings (SSSR count). The number of nitrogens with one attached hydrogen (secondary N) is 1. The van der Waals surface area contributed by atoms with Gasteiger partial charge in [0.1, 0.15) is 0 Å². The quantitative estimate of drug-likeness (QED) is 0.869. The normalized spacial score (nSPS) is 10.8. The molecule has 1 heterocycles. The largest absolute Gasteiger partial charge is 0.368 e. The summed E-state index contributed by atoms with van der Waals surface area (Å²) in [5, 5.41) is 4.08. The predicted octanol–water partition coefficient (Wildman–Crippen LogP) is 1.69. The van der Waals surface area contributed by atoms with Gasteiger partial charge in [0.2, 0.25) is 5.95 Å². The molecule has 0 unspecified atom stereocenters. The first-order valence-corrected chi connectivity index (χ1v) is 5.36. The molecule has 0 saturated heterocycles. The van der Waals surface area contributed by atoms with Gasteiger partial charge in [-0.15, -0.1) is 0 Å². The van der Waals surface area contributed by atoms with E-state index in [2.05, 4.69) is 31.2 Å². The van der Waals surface area contributed by atoms with Crippen molar-refractivity contribution in [3.05, 3.63) is 28.4 Å². The highest BCUT2D eigenvalue weighted by atomic mass is 79.9. The molecule has 15 heavy (non-hydrogen) atoms. The number of benzene rings is 1. The monoisotopic (exact) mass is 266 g/mol. The van der Waals surface area contributed by atoms with E-state index in [1.807, 2.05) is 25.2 Å². The van der Waals surface area contributed by atoms with E-state index in [4.69, 9.17) is 5.73 Å². The molecule has 3 N–H and O–H groups in total. The molecular weight excluding hydrogens is 256 g/mol. The first-order valence-electron chi connectivity index (χ1n) is 4.57. The summed E-state index contributed by atoms with van der Waals surface area (Å²) >= 11 is 3.43. The van der Waals surface area contributed by atoms with Crippen LogP contribution in [0, 0.1) is 0 Å². The standard InChI is InChI=1S/C10H11BrN4/c1-13-5-9-7-4-6(11)2-3-8(7)14-10(12)15-9/h2-4,13H,5H2,1H3,(H2,12,14,15). The Kier molecular flexibility index (Phi) is 2.83. The van der Waals surface area contributed by atoms with Crippen molar-refractivity contribution >= 4 is 32.8 Å². The van der Waals surface area contributed by atoms with Gasteiger partial charge in [-0.2, -0.15) is 0 Å². The van der Waals surface area contributed by atoms with Crippen LogP contribution in [0.15, 0.2) is 22.7 Å². The number of fused-ring (bicyclic) bond motifs is 1. The van der Waals surface area contributed by atoms with Gasteiger partial charge in [0.05, 0.1) is 11.2 Å². The minimum absolute atomic E-state index is 0.315. The van der Waals surface area contributed by atoms with Gasteiger partial charge in [0.15, 0.2) is 0 Å². The number of hydrogen-bond donors (Lipinski definition) is 2. The minimum Gasteiger partial charge on any atom is -0.368 e. The topological polar surface area (TPSA) is 63.8 Å². The van der Waals surface area contributed by atoms with E-state index < -0.39 is 0 Å². The van der Waals surface area contributed by atoms with Crippen LogP contribution in [0.25, 0.3) is 10.9 Å². The van der Waals surface area contributed by atoms with Crippen LogP contribution in [0.4, 0.5) is 5.95 Å². The van der Waals surface area contributed by atoms with E-state index in [0.29, 0.717) is 12.5 Å². The second-order valence-electron chi connectivity index (χ2n) is 3.22. The number of aromatic nitrogens is 2. The molecule has 1 aromatic carbocycles. The Labute approximate surface area is 96.0 Å². The Balaban J connectivity index is 2.70. The van der Waals surface area contributed by atoms with E-state index in [0.717, 1.165) is 21.1 Å². The molecule has 0 bridgehead atoms. The summed E-state index contributed by atoms with van der Waals surface area (Å²) in [6, 6.07) is 5.87. The van der Waals surface area contributed by atoms with Crippen LogP contribution in [0.3, 0.4) is 0 Å². The van der Waals surface area contributed by atoms with Crippen molar-refractivity contribution < 1.29 is 0 Å². The van der Waals surface area contributed by atoms with Crippen LogP contribution in [-0.4, -0.2) is 17.0 Å². The molecule has 0 amide bonds. The Morgan fingerprint density at radius 3 is 2.93 bits per heavy atom. The van der Waals surface area contributed by atoms with Crippen molar-refractivity contribution in [1.82, 2.24) is 15.3 Å². The van der Waals surface area contributed by atoms with Crippen molar-refractivity contribution in [3.63, 3.8) is 0 Å².